The Bertz CT molecular complexity index is 410. The molecule has 0 aliphatic heterocycles. The van der Waals surface area contributed by atoms with Crippen molar-refractivity contribution in [1.82, 2.24) is 0 Å². The second-order valence-corrected chi connectivity index (χ2v) is 4.13. The molecule has 0 aliphatic carbocycles. The van der Waals surface area contributed by atoms with E-state index in [1.165, 1.54) is 6.07 Å². The fourth-order valence-electron chi connectivity index (χ4n) is 1.40. The average Bonchev–Trinajstić information content (AvgIpc) is 2.24. The molecule has 0 heterocycles. The highest BCUT2D eigenvalue weighted by molar-refractivity contribution is 5.52. The first kappa shape index (κ1) is 13.4. The van der Waals surface area contributed by atoms with Crippen molar-refractivity contribution in [1.29, 1.82) is 0 Å². The Kier molecular flexibility index (Phi) is 4.39. The molecule has 0 amide bonds. The van der Waals surface area contributed by atoms with Crippen molar-refractivity contribution >= 4 is 11.4 Å². The molecule has 1 aromatic rings. The minimum Gasteiger partial charge on any atom is -0.394 e. The van der Waals surface area contributed by atoms with Crippen molar-refractivity contribution in [2.75, 3.05) is 11.9 Å². The lowest BCUT2D eigenvalue weighted by molar-refractivity contribution is -0.385. The zero-order valence-corrected chi connectivity index (χ0v) is 9.68. The zero-order chi connectivity index (χ0) is 13.0. The Morgan fingerprint density at radius 3 is 2.59 bits per heavy atom. The van der Waals surface area contributed by atoms with Crippen molar-refractivity contribution in [3.05, 3.63) is 34.1 Å². The highest BCUT2D eigenvalue weighted by Crippen LogP contribution is 2.21. The molecule has 0 radical (unpaired) electrons. The van der Waals surface area contributed by atoms with Crippen LogP contribution in [0, 0.1) is 21.8 Å². The van der Waals surface area contributed by atoms with Gasteiger partial charge in [-0.2, -0.15) is 0 Å². The number of benzene rings is 1. The van der Waals surface area contributed by atoms with E-state index in [0.29, 0.717) is 5.69 Å². The molecule has 0 saturated carbocycles. The number of anilines is 1. The number of non-ortho nitro benzene ring substituents is 1. The summed E-state index contributed by atoms with van der Waals surface area (Å²) in [6.07, 6.45) is 0. The van der Waals surface area contributed by atoms with Crippen LogP contribution in [0.2, 0.25) is 0 Å². The summed E-state index contributed by atoms with van der Waals surface area (Å²) in [6.45, 7) is 3.66. The largest absolute Gasteiger partial charge is 0.394 e. The van der Waals surface area contributed by atoms with Crippen molar-refractivity contribution < 1.29 is 14.4 Å². The smallest absolute Gasteiger partial charge is 0.274 e. The molecule has 17 heavy (non-hydrogen) atoms. The van der Waals surface area contributed by atoms with Crippen molar-refractivity contribution in [3.8, 4) is 0 Å². The molecular formula is C11H15FN2O3. The van der Waals surface area contributed by atoms with Crippen LogP contribution in [0.5, 0.6) is 0 Å². The van der Waals surface area contributed by atoms with E-state index < -0.39 is 10.7 Å². The Morgan fingerprint density at radius 1 is 1.47 bits per heavy atom. The summed E-state index contributed by atoms with van der Waals surface area (Å²) >= 11 is 0. The van der Waals surface area contributed by atoms with Crippen LogP contribution in [0.15, 0.2) is 18.2 Å². The predicted molar refractivity (Wildman–Crippen MR) is 62.4 cm³/mol. The molecular weight excluding hydrogens is 227 g/mol. The summed E-state index contributed by atoms with van der Waals surface area (Å²) in [7, 11) is 0. The van der Waals surface area contributed by atoms with Gasteiger partial charge in [0.05, 0.1) is 23.6 Å². The number of hydrogen-bond acceptors (Lipinski definition) is 4. The number of aliphatic hydroxyl groups is 1. The molecule has 1 rings (SSSR count). The molecule has 0 spiro atoms. The first-order valence-electron chi connectivity index (χ1n) is 5.26. The van der Waals surface area contributed by atoms with Gasteiger partial charge in [-0.3, -0.25) is 10.1 Å². The number of nitrogens with zero attached hydrogens (tertiary/aromatic N) is 1. The maximum Gasteiger partial charge on any atom is 0.274 e. The standard InChI is InChI=1S/C11H15FN2O3/c1-7(2)11(6-15)13-9-3-8(12)4-10(5-9)14(16)17/h3-5,7,11,13,15H,6H2,1-2H3/t11-/m1/s1. The quantitative estimate of drug-likeness (QED) is 0.612. The van der Waals surface area contributed by atoms with Crippen molar-refractivity contribution in [2.45, 2.75) is 19.9 Å². The SMILES string of the molecule is CC(C)[C@@H](CO)Nc1cc(F)cc([N+](=O)[O-])c1. The van der Waals surface area contributed by atoms with E-state index in [-0.39, 0.29) is 24.3 Å². The summed E-state index contributed by atoms with van der Waals surface area (Å²) in [5.41, 5.74) is -0.0163. The second-order valence-electron chi connectivity index (χ2n) is 4.13. The monoisotopic (exact) mass is 242 g/mol. The Labute approximate surface area is 98.4 Å². The van der Waals surface area contributed by atoms with Gasteiger partial charge in [0.25, 0.3) is 5.69 Å². The van der Waals surface area contributed by atoms with Gasteiger partial charge in [0, 0.05) is 11.8 Å². The topological polar surface area (TPSA) is 75.4 Å². The lowest BCUT2D eigenvalue weighted by atomic mass is 10.1. The second kappa shape index (κ2) is 5.58. The minimum atomic E-state index is -0.679. The maximum absolute atomic E-state index is 13.1. The molecule has 5 nitrogen and oxygen atoms in total. The lowest BCUT2D eigenvalue weighted by Gasteiger charge is -2.21. The number of hydrogen-bond donors (Lipinski definition) is 2. The summed E-state index contributed by atoms with van der Waals surface area (Å²) in [5.74, 6) is -0.551. The van der Waals surface area contributed by atoms with Gasteiger partial charge in [-0.1, -0.05) is 13.8 Å². The number of nitrogens with one attached hydrogen (secondary N) is 1. The maximum atomic E-state index is 13.1. The molecule has 0 aromatic heterocycles. The molecule has 1 atom stereocenters. The van der Waals surface area contributed by atoms with Gasteiger partial charge < -0.3 is 10.4 Å². The van der Waals surface area contributed by atoms with E-state index >= 15 is 0 Å². The van der Waals surface area contributed by atoms with Gasteiger partial charge in [0.1, 0.15) is 5.82 Å². The van der Waals surface area contributed by atoms with Crippen LogP contribution in [0.3, 0.4) is 0 Å². The summed E-state index contributed by atoms with van der Waals surface area (Å²) in [4.78, 5) is 9.90. The van der Waals surface area contributed by atoms with Gasteiger partial charge in [-0.25, -0.2) is 4.39 Å². The fourth-order valence-corrected chi connectivity index (χ4v) is 1.40. The average molecular weight is 242 g/mol. The molecule has 0 bridgehead atoms. The van der Waals surface area contributed by atoms with Crippen LogP contribution in [-0.4, -0.2) is 22.7 Å². The van der Waals surface area contributed by atoms with Crippen molar-refractivity contribution in [2.24, 2.45) is 5.92 Å². The highest BCUT2D eigenvalue weighted by atomic mass is 19.1. The van der Waals surface area contributed by atoms with Crippen LogP contribution < -0.4 is 5.32 Å². The normalized spacial score (nSPS) is 12.5. The van der Waals surface area contributed by atoms with Crippen LogP contribution >= 0.6 is 0 Å². The van der Waals surface area contributed by atoms with E-state index in [2.05, 4.69) is 5.32 Å². The minimum absolute atomic E-state index is 0.123. The number of nitro groups is 1. The van der Waals surface area contributed by atoms with E-state index in [9.17, 15) is 14.5 Å². The number of nitro benzene ring substituents is 1. The predicted octanol–water partition coefficient (Wildman–Crippen LogP) is 2.16. The van der Waals surface area contributed by atoms with Crippen LogP contribution in [0.4, 0.5) is 15.8 Å². The molecule has 0 saturated heterocycles. The van der Waals surface area contributed by atoms with Crippen molar-refractivity contribution in [3.63, 3.8) is 0 Å². The first-order valence-corrected chi connectivity index (χ1v) is 5.26. The number of aliphatic hydroxyl groups excluding tert-OH is 1. The van der Waals surface area contributed by atoms with E-state index in [1.54, 1.807) is 0 Å². The Balaban J connectivity index is 2.94. The summed E-state index contributed by atoms with van der Waals surface area (Å²) in [6, 6.07) is 3.00. The fraction of sp³-hybridized carbons (Fsp3) is 0.455. The van der Waals surface area contributed by atoms with Gasteiger partial charge >= 0.3 is 0 Å². The van der Waals surface area contributed by atoms with Gasteiger partial charge in [0.15, 0.2) is 0 Å². The third kappa shape index (κ3) is 3.67. The van der Waals surface area contributed by atoms with Gasteiger partial charge in [0.2, 0.25) is 0 Å². The lowest BCUT2D eigenvalue weighted by Crippen LogP contribution is -2.29. The van der Waals surface area contributed by atoms with Crippen LogP contribution in [0.25, 0.3) is 0 Å². The van der Waals surface area contributed by atoms with Gasteiger partial charge in [-0.15, -0.1) is 0 Å². The van der Waals surface area contributed by atoms with Crippen LogP contribution in [0.1, 0.15) is 13.8 Å². The highest BCUT2D eigenvalue weighted by Gasteiger charge is 2.15. The molecule has 0 fully saturated rings. The summed E-state index contributed by atoms with van der Waals surface area (Å²) < 4.78 is 13.1. The molecule has 2 N–H and O–H groups in total. The molecule has 0 unspecified atom stereocenters. The molecule has 94 valence electrons. The number of rotatable bonds is 5. The Hall–Kier alpha value is -1.69. The van der Waals surface area contributed by atoms with Crippen LogP contribution in [-0.2, 0) is 0 Å². The molecule has 6 heteroatoms. The third-order valence-electron chi connectivity index (χ3n) is 2.45. The van der Waals surface area contributed by atoms with Gasteiger partial charge in [-0.05, 0) is 12.0 Å². The molecule has 1 aromatic carbocycles. The zero-order valence-electron chi connectivity index (χ0n) is 9.68. The summed E-state index contributed by atoms with van der Waals surface area (Å²) in [5, 5.41) is 22.5. The third-order valence-corrected chi connectivity index (χ3v) is 2.45. The molecule has 0 aliphatic rings. The number of halogens is 1. The van der Waals surface area contributed by atoms with E-state index in [0.717, 1.165) is 12.1 Å². The first-order chi connectivity index (χ1) is 7.93. The van der Waals surface area contributed by atoms with E-state index in [4.69, 9.17) is 5.11 Å². The van der Waals surface area contributed by atoms with E-state index in [1.807, 2.05) is 13.8 Å². The Morgan fingerprint density at radius 2 is 2.12 bits per heavy atom.